The van der Waals surface area contributed by atoms with Gasteiger partial charge in [-0.2, -0.15) is 0 Å². The monoisotopic (exact) mass is 664 g/mol. The van der Waals surface area contributed by atoms with E-state index in [1.165, 1.54) is 39.0 Å². The van der Waals surface area contributed by atoms with Gasteiger partial charge < -0.3 is 18.9 Å². The van der Waals surface area contributed by atoms with Crippen molar-refractivity contribution in [3.05, 3.63) is 147 Å². The third-order valence-electron chi connectivity index (χ3n) is 11.1. The van der Waals surface area contributed by atoms with Gasteiger partial charge in [0.1, 0.15) is 23.0 Å². The van der Waals surface area contributed by atoms with Crippen molar-refractivity contribution in [2.45, 2.75) is 57.3 Å². The molecule has 0 bridgehead atoms. The predicted octanol–water partition coefficient (Wildman–Crippen LogP) is 11.5. The van der Waals surface area contributed by atoms with Gasteiger partial charge in [-0.1, -0.05) is 83.5 Å². The van der Waals surface area contributed by atoms with Crippen LogP contribution in [0.25, 0.3) is 18.2 Å². The Labute approximate surface area is 297 Å². The Morgan fingerprint density at radius 3 is 1.36 bits per heavy atom. The third-order valence-corrected chi connectivity index (χ3v) is 11.1. The lowest BCUT2D eigenvalue weighted by Crippen LogP contribution is -2.40. The quantitative estimate of drug-likeness (QED) is 0.188. The summed E-state index contributed by atoms with van der Waals surface area (Å²) < 4.78 is 22.2. The lowest BCUT2D eigenvalue weighted by atomic mass is 9.50. The first-order valence-corrected chi connectivity index (χ1v) is 18.0. The third kappa shape index (κ3) is 6.64. The molecule has 0 amide bonds. The second-order valence-corrected chi connectivity index (χ2v) is 13.7. The molecule has 50 heavy (non-hydrogen) atoms. The molecule has 0 heterocycles. The molecule has 0 N–H and O–H groups in total. The Morgan fingerprint density at radius 1 is 0.480 bits per heavy atom. The van der Waals surface area contributed by atoms with Gasteiger partial charge >= 0.3 is 0 Å². The number of methoxy groups -OCH3 is 4. The van der Waals surface area contributed by atoms with Crippen LogP contribution in [0.4, 0.5) is 0 Å². The van der Waals surface area contributed by atoms with E-state index in [2.05, 4.69) is 115 Å². The maximum atomic E-state index is 5.66. The van der Waals surface area contributed by atoms with E-state index in [0.29, 0.717) is 0 Å². The molecule has 4 aromatic carbocycles. The molecule has 1 fully saturated rings. The summed E-state index contributed by atoms with van der Waals surface area (Å²) in [6.45, 7) is 0. The highest BCUT2D eigenvalue weighted by molar-refractivity contribution is 5.68. The van der Waals surface area contributed by atoms with Crippen molar-refractivity contribution in [2.75, 3.05) is 28.4 Å². The first kappa shape index (κ1) is 33.5. The fourth-order valence-electron chi connectivity index (χ4n) is 8.74. The van der Waals surface area contributed by atoms with Gasteiger partial charge in [0.2, 0.25) is 0 Å². The van der Waals surface area contributed by atoms with Crippen molar-refractivity contribution in [2.24, 2.45) is 5.41 Å². The number of rotatable bonds is 8. The fourth-order valence-corrected chi connectivity index (χ4v) is 8.74. The molecule has 7 rings (SSSR count). The van der Waals surface area contributed by atoms with Crippen molar-refractivity contribution in [3.63, 3.8) is 0 Å². The number of hydrogen-bond donors (Lipinski definition) is 0. The summed E-state index contributed by atoms with van der Waals surface area (Å²) in [5, 5.41) is 0. The van der Waals surface area contributed by atoms with E-state index in [4.69, 9.17) is 18.9 Å². The Morgan fingerprint density at radius 2 is 0.900 bits per heavy atom. The minimum atomic E-state index is -0.159. The Hall–Kier alpha value is -4.96. The van der Waals surface area contributed by atoms with Gasteiger partial charge in [0.25, 0.3) is 0 Å². The van der Waals surface area contributed by atoms with E-state index >= 15 is 0 Å². The Bertz CT molecular complexity index is 1840. The molecule has 1 atom stereocenters. The summed E-state index contributed by atoms with van der Waals surface area (Å²) in [7, 11) is 6.94. The van der Waals surface area contributed by atoms with Gasteiger partial charge in [0.05, 0.1) is 28.4 Å². The molecule has 0 aromatic heterocycles. The number of ether oxygens (including phenoxy) is 4. The van der Waals surface area contributed by atoms with Crippen LogP contribution in [-0.4, -0.2) is 28.4 Å². The van der Waals surface area contributed by atoms with Crippen LogP contribution < -0.4 is 18.9 Å². The van der Waals surface area contributed by atoms with Crippen molar-refractivity contribution in [1.82, 2.24) is 0 Å². The molecule has 0 aliphatic heterocycles. The fraction of sp³-hybridized carbons (Fsp3) is 0.304. The molecule has 0 radical (unpaired) electrons. The molecule has 1 saturated carbocycles. The Balaban J connectivity index is 1.44. The van der Waals surface area contributed by atoms with Crippen LogP contribution in [0.2, 0.25) is 0 Å². The van der Waals surface area contributed by atoms with Crippen LogP contribution in [0.3, 0.4) is 0 Å². The van der Waals surface area contributed by atoms with Crippen molar-refractivity contribution in [1.29, 1.82) is 0 Å². The van der Waals surface area contributed by atoms with Gasteiger partial charge in [-0.25, -0.2) is 0 Å². The average molecular weight is 665 g/mol. The van der Waals surface area contributed by atoms with Crippen molar-refractivity contribution in [3.8, 4) is 23.0 Å². The normalized spacial score (nSPS) is 22.9. The molecular weight excluding hydrogens is 617 g/mol. The molecule has 256 valence electrons. The van der Waals surface area contributed by atoms with E-state index in [0.717, 1.165) is 74.4 Å². The smallest absolute Gasteiger partial charge is 0.118 e. The molecule has 0 saturated heterocycles. The van der Waals surface area contributed by atoms with Crippen LogP contribution in [-0.2, 0) is 0 Å². The number of hydrogen-bond acceptors (Lipinski definition) is 4. The van der Waals surface area contributed by atoms with Crippen LogP contribution in [0.1, 0.15) is 79.5 Å². The molecule has 1 unspecified atom stereocenters. The predicted molar refractivity (Wildman–Crippen MR) is 205 cm³/mol. The molecule has 4 heteroatoms. The summed E-state index contributed by atoms with van der Waals surface area (Å²) in [5.74, 6) is 3.76. The van der Waals surface area contributed by atoms with Gasteiger partial charge in [0.15, 0.2) is 0 Å². The maximum Gasteiger partial charge on any atom is 0.118 e. The summed E-state index contributed by atoms with van der Waals surface area (Å²) in [6, 6.07) is 34.6. The number of allylic oxidation sites excluding steroid dienone is 5. The highest BCUT2D eigenvalue weighted by Gasteiger charge is 2.51. The molecule has 4 aromatic rings. The summed E-state index contributed by atoms with van der Waals surface area (Å²) >= 11 is 0. The van der Waals surface area contributed by atoms with E-state index in [9.17, 15) is 0 Å². The van der Waals surface area contributed by atoms with E-state index in [1.807, 2.05) is 0 Å². The zero-order valence-corrected chi connectivity index (χ0v) is 29.8. The van der Waals surface area contributed by atoms with Gasteiger partial charge in [-0.3, -0.25) is 0 Å². The zero-order valence-electron chi connectivity index (χ0n) is 29.8. The minimum Gasteiger partial charge on any atom is -0.497 e. The lowest BCUT2D eigenvalue weighted by molar-refractivity contribution is 0.279. The SMILES string of the molecule is COc1ccc(/C=C2\CCCC3=C2CCC2(/C(=C/c4ccc(OC)cc4)CCC/C2=C\c2ccc(OC)cc2)C3c2ccc(OC)cc2)cc1. The summed E-state index contributed by atoms with van der Waals surface area (Å²) in [4.78, 5) is 0. The van der Waals surface area contributed by atoms with E-state index < -0.39 is 0 Å². The van der Waals surface area contributed by atoms with Gasteiger partial charge in [-0.15, -0.1) is 0 Å². The molecule has 4 nitrogen and oxygen atoms in total. The largest absolute Gasteiger partial charge is 0.497 e. The molecule has 1 spiro atoms. The second kappa shape index (κ2) is 14.9. The standard InChI is InChI=1S/C46H48O4/c1-47-39-19-11-32(12-20-39)29-36-7-5-10-44-43(36)27-28-46(45(44)35-17-25-42(50-4)26-18-35)37(30-33-13-21-40(48-2)22-14-33)8-6-9-38(46)31-34-15-23-41(49-3)24-16-34/h11-26,29-31,45H,5-10,27-28H2,1-4H3/b36-29+,37-30+,38-31+. The second-order valence-electron chi connectivity index (χ2n) is 13.7. The minimum absolute atomic E-state index is 0.159. The number of benzene rings is 4. The van der Waals surface area contributed by atoms with E-state index in [-0.39, 0.29) is 11.3 Å². The topological polar surface area (TPSA) is 36.9 Å². The highest BCUT2D eigenvalue weighted by atomic mass is 16.5. The average Bonchev–Trinajstić information content (AvgIpc) is 3.17. The van der Waals surface area contributed by atoms with Crippen LogP contribution in [0, 0.1) is 5.41 Å². The van der Waals surface area contributed by atoms with Crippen LogP contribution >= 0.6 is 0 Å². The van der Waals surface area contributed by atoms with E-state index in [1.54, 1.807) is 39.6 Å². The maximum absolute atomic E-state index is 5.66. The van der Waals surface area contributed by atoms with Gasteiger partial charge in [0, 0.05) is 11.3 Å². The van der Waals surface area contributed by atoms with Crippen molar-refractivity contribution < 1.29 is 18.9 Å². The lowest BCUT2D eigenvalue weighted by Gasteiger charge is -2.53. The van der Waals surface area contributed by atoms with Crippen LogP contribution in [0.5, 0.6) is 23.0 Å². The van der Waals surface area contributed by atoms with Crippen molar-refractivity contribution >= 4 is 18.2 Å². The molecule has 3 aliphatic rings. The molecular formula is C46H48O4. The highest BCUT2D eigenvalue weighted by Crippen LogP contribution is 2.64. The summed E-state index contributed by atoms with van der Waals surface area (Å²) in [5.41, 5.74) is 12.6. The molecule has 3 aliphatic carbocycles. The first-order chi connectivity index (χ1) is 24.5. The summed E-state index contributed by atoms with van der Waals surface area (Å²) in [6.07, 6.45) is 16.2. The zero-order chi connectivity index (χ0) is 34.5. The van der Waals surface area contributed by atoms with Gasteiger partial charge in [-0.05, 0) is 133 Å². The van der Waals surface area contributed by atoms with Crippen LogP contribution in [0.15, 0.2) is 125 Å². The Kier molecular flexibility index (Phi) is 9.98. The first-order valence-electron chi connectivity index (χ1n) is 18.0.